The lowest BCUT2D eigenvalue weighted by Gasteiger charge is -2.36. The zero-order valence-corrected chi connectivity index (χ0v) is 18.7. The molecule has 0 spiro atoms. The van der Waals surface area contributed by atoms with Gasteiger partial charge in [-0.15, -0.1) is 0 Å². The minimum Gasteiger partial charge on any atom is -0.307 e. The van der Waals surface area contributed by atoms with Gasteiger partial charge in [-0.2, -0.15) is 13.2 Å². The summed E-state index contributed by atoms with van der Waals surface area (Å²) in [7, 11) is -3.64. The van der Waals surface area contributed by atoms with Crippen molar-refractivity contribution in [3.8, 4) is 11.1 Å². The molecule has 9 heteroatoms. The highest BCUT2D eigenvalue weighted by molar-refractivity contribution is 7.88. The largest absolute Gasteiger partial charge is 0.421 e. The zero-order chi connectivity index (χ0) is 23.8. The van der Waals surface area contributed by atoms with Crippen LogP contribution in [0.5, 0.6) is 0 Å². The summed E-state index contributed by atoms with van der Waals surface area (Å²) in [6.45, 7) is 0. The van der Waals surface area contributed by atoms with Crippen LogP contribution in [-0.2, 0) is 29.0 Å². The van der Waals surface area contributed by atoms with Gasteiger partial charge in [0.1, 0.15) is 5.56 Å². The van der Waals surface area contributed by atoms with Crippen LogP contribution in [0.4, 0.5) is 13.2 Å². The molecule has 0 saturated heterocycles. The summed E-state index contributed by atoms with van der Waals surface area (Å²) in [6.07, 6.45) is -2.93. The van der Waals surface area contributed by atoms with Crippen molar-refractivity contribution in [1.29, 1.82) is 0 Å². The quantitative estimate of drug-likeness (QED) is 0.601. The first-order valence-electron chi connectivity index (χ1n) is 10.5. The van der Waals surface area contributed by atoms with Gasteiger partial charge in [0.15, 0.2) is 0 Å². The molecule has 174 valence electrons. The fourth-order valence-electron chi connectivity index (χ4n) is 4.45. The van der Waals surface area contributed by atoms with Crippen LogP contribution in [0, 0.1) is 0 Å². The van der Waals surface area contributed by atoms with E-state index in [-0.39, 0.29) is 6.42 Å². The second kappa shape index (κ2) is 8.79. The van der Waals surface area contributed by atoms with Crippen molar-refractivity contribution in [2.24, 2.45) is 0 Å². The lowest BCUT2D eigenvalue weighted by molar-refractivity contribution is -0.139. The minimum absolute atomic E-state index is 0.197. The molecule has 0 saturated carbocycles. The van der Waals surface area contributed by atoms with Gasteiger partial charge in [0, 0.05) is 11.7 Å². The van der Waals surface area contributed by atoms with Gasteiger partial charge in [0.25, 0.3) is 5.56 Å². The highest BCUT2D eigenvalue weighted by Gasteiger charge is 2.38. The van der Waals surface area contributed by atoms with Crippen molar-refractivity contribution in [2.75, 3.05) is 6.26 Å². The van der Waals surface area contributed by atoms with E-state index in [0.29, 0.717) is 18.5 Å². The number of sulfonamides is 1. The predicted octanol–water partition coefficient (Wildman–Crippen LogP) is 4.18. The summed E-state index contributed by atoms with van der Waals surface area (Å²) in [5, 5.41) is 0. The number of aromatic nitrogens is 1. The molecule has 0 amide bonds. The van der Waals surface area contributed by atoms with E-state index in [4.69, 9.17) is 0 Å². The third kappa shape index (κ3) is 5.20. The normalized spacial score (nSPS) is 18.7. The summed E-state index contributed by atoms with van der Waals surface area (Å²) in [5.41, 5.74) is 0.750. The number of aryl methyl sites for hydroxylation is 1. The van der Waals surface area contributed by atoms with Crippen LogP contribution in [0.3, 0.4) is 0 Å². The van der Waals surface area contributed by atoms with Gasteiger partial charge in [-0.05, 0) is 48.1 Å². The van der Waals surface area contributed by atoms with E-state index >= 15 is 0 Å². The smallest absolute Gasteiger partial charge is 0.307 e. The second-order valence-corrected chi connectivity index (χ2v) is 10.1. The van der Waals surface area contributed by atoms with Gasteiger partial charge in [0.2, 0.25) is 10.0 Å². The second-order valence-electron chi connectivity index (χ2n) is 8.28. The van der Waals surface area contributed by atoms with E-state index in [1.165, 1.54) is 6.07 Å². The third-order valence-electron chi connectivity index (χ3n) is 5.86. The number of hydrogen-bond donors (Lipinski definition) is 1. The van der Waals surface area contributed by atoms with Crippen LogP contribution in [-0.4, -0.2) is 25.3 Å². The number of pyridine rings is 1. The molecule has 1 aliphatic heterocycles. The standard InChI is InChI=1S/C24H23F3N2O3S/c1-33(31,32)28-21-13-11-19-10-12-20(24(25,26)27)23(30)29(19)22(21)15-16-6-5-9-18(14-16)17-7-3-2-4-8-17/h2-10,12,14,21-22,28H,11,13,15H2,1H3/t21-,22-/m0/s1. The molecule has 0 unspecified atom stereocenters. The fraction of sp³-hybridized carbons (Fsp3) is 0.292. The maximum atomic E-state index is 13.5. The molecule has 1 N–H and O–H groups in total. The average Bonchev–Trinajstić information content (AvgIpc) is 2.74. The molecule has 3 aromatic rings. The van der Waals surface area contributed by atoms with Gasteiger partial charge in [0.05, 0.1) is 12.3 Å². The van der Waals surface area contributed by atoms with Crippen molar-refractivity contribution in [3.63, 3.8) is 0 Å². The summed E-state index contributed by atoms with van der Waals surface area (Å²) in [5.74, 6) is 0. The Labute approximate surface area is 189 Å². The van der Waals surface area contributed by atoms with E-state index < -0.39 is 39.4 Å². The Morgan fingerprint density at radius 1 is 1.00 bits per heavy atom. The van der Waals surface area contributed by atoms with Crippen LogP contribution in [0.1, 0.15) is 29.3 Å². The topological polar surface area (TPSA) is 68.2 Å². The molecular formula is C24H23F3N2O3S. The third-order valence-corrected chi connectivity index (χ3v) is 6.59. The summed E-state index contributed by atoms with van der Waals surface area (Å²) < 4.78 is 68.0. The molecule has 4 rings (SSSR count). The van der Waals surface area contributed by atoms with Crippen molar-refractivity contribution < 1.29 is 21.6 Å². The number of hydrogen-bond acceptors (Lipinski definition) is 3. The maximum absolute atomic E-state index is 13.5. The molecule has 0 bridgehead atoms. The van der Waals surface area contributed by atoms with Crippen molar-refractivity contribution in [1.82, 2.24) is 9.29 Å². The molecule has 2 heterocycles. The van der Waals surface area contributed by atoms with Gasteiger partial charge in [-0.3, -0.25) is 4.79 Å². The van der Waals surface area contributed by atoms with Gasteiger partial charge in [-0.1, -0.05) is 54.6 Å². The van der Waals surface area contributed by atoms with E-state index in [2.05, 4.69) is 4.72 Å². The molecule has 33 heavy (non-hydrogen) atoms. The van der Waals surface area contributed by atoms with Gasteiger partial charge < -0.3 is 4.57 Å². The Morgan fingerprint density at radius 3 is 2.36 bits per heavy atom. The number of nitrogens with one attached hydrogen (secondary N) is 1. The van der Waals surface area contributed by atoms with Crippen LogP contribution >= 0.6 is 0 Å². The van der Waals surface area contributed by atoms with Gasteiger partial charge in [-0.25, -0.2) is 13.1 Å². The Bertz CT molecular complexity index is 1320. The van der Waals surface area contributed by atoms with Crippen molar-refractivity contribution in [2.45, 2.75) is 37.5 Å². The number of benzene rings is 2. The maximum Gasteiger partial charge on any atom is 0.421 e. The Morgan fingerprint density at radius 2 is 1.70 bits per heavy atom. The molecule has 2 atom stereocenters. The molecule has 1 aliphatic rings. The first-order chi connectivity index (χ1) is 15.5. The lowest BCUT2D eigenvalue weighted by atomic mass is 9.90. The monoisotopic (exact) mass is 476 g/mol. The number of alkyl halides is 3. The molecular weight excluding hydrogens is 453 g/mol. The highest BCUT2D eigenvalue weighted by Crippen LogP contribution is 2.32. The minimum atomic E-state index is -4.80. The fourth-order valence-corrected chi connectivity index (χ4v) is 5.27. The lowest BCUT2D eigenvalue weighted by Crippen LogP contribution is -2.49. The SMILES string of the molecule is CS(=O)(=O)N[C@H]1CCc2ccc(C(F)(F)F)c(=O)n2[C@H]1Cc1cccc(-c2ccccc2)c1. The van der Waals surface area contributed by atoms with Crippen molar-refractivity contribution >= 4 is 10.0 Å². The molecule has 0 fully saturated rings. The van der Waals surface area contributed by atoms with Crippen molar-refractivity contribution in [3.05, 3.63) is 93.9 Å². The van der Waals surface area contributed by atoms with E-state index in [9.17, 15) is 26.4 Å². The summed E-state index contributed by atoms with van der Waals surface area (Å²) >= 11 is 0. The number of fused-ring (bicyclic) bond motifs is 1. The molecule has 0 aliphatic carbocycles. The van der Waals surface area contributed by atoms with Gasteiger partial charge >= 0.3 is 6.18 Å². The Kier molecular flexibility index (Phi) is 6.20. The van der Waals surface area contributed by atoms with E-state index in [0.717, 1.165) is 33.6 Å². The molecule has 2 aromatic carbocycles. The molecule has 1 aromatic heterocycles. The van der Waals surface area contributed by atoms with E-state index in [1.54, 1.807) is 0 Å². The number of halogens is 3. The van der Waals surface area contributed by atoms with Crippen LogP contribution < -0.4 is 10.3 Å². The van der Waals surface area contributed by atoms with Crippen LogP contribution in [0.15, 0.2) is 71.5 Å². The number of nitrogens with zero attached hydrogens (tertiary/aromatic N) is 1. The average molecular weight is 477 g/mol. The van der Waals surface area contributed by atoms with Crippen LogP contribution in [0.2, 0.25) is 0 Å². The Balaban J connectivity index is 1.80. The predicted molar refractivity (Wildman–Crippen MR) is 120 cm³/mol. The molecule has 0 radical (unpaired) electrons. The first-order valence-corrected chi connectivity index (χ1v) is 12.4. The summed E-state index contributed by atoms with van der Waals surface area (Å²) in [6, 6.07) is 17.7. The highest BCUT2D eigenvalue weighted by atomic mass is 32.2. The van der Waals surface area contributed by atoms with E-state index in [1.807, 2.05) is 54.6 Å². The first kappa shape index (κ1) is 23.3. The summed E-state index contributed by atoms with van der Waals surface area (Å²) in [4.78, 5) is 12.9. The molecule has 5 nitrogen and oxygen atoms in total. The Hall–Kier alpha value is -2.91. The number of rotatable bonds is 5. The zero-order valence-electron chi connectivity index (χ0n) is 17.8. The van der Waals surface area contributed by atoms with Crippen LogP contribution in [0.25, 0.3) is 11.1 Å².